The van der Waals surface area contributed by atoms with Crippen LogP contribution in [0.5, 0.6) is 0 Å². The maximum absolute atomic E-state index is 9.03. The van der Waals surface area contributed by atoms with Crippen molar-refractivity contribution in [2.45, 2.75) is 45.2 Å². The second kappa shape index (κ2) is 5.79. The predicted octanol–water partition coefficient (Wildman–Crippen LogP) is 2.72. The van der Waals surface area contributed by atoms with Crippen LogP contribution >= 0.6 is 0 Å². The van der Waals surface area contributed by atoms with E-state index in [1.807, 2.05) is 12.1 Å². The van der Waals surface area contributed by atoms with Gasteiger partial charge in [-0.05, 0) is 31.9 Å². The first-order valence-electron chi connectivity index (χ1n) is 6.43. The van der Waals surface area contributed by atoms with Gasteiger partial charge in [0.2, 0.25) is 0 Å². The minimum Gasteiger partial charge on any atom is -0.296 e. The average molecular weight is 229 g/mol. The van der Waals surface area contributed by atoms with Crippen molar-refractivity contribution in [3.05, 3.63) is 29.6 Å². The van der Waals surface area contributed by atoms with E-state index in [0.717, 1.165) is 24.7 Å². The fourth-order valence-electron chi connectivity index (χ4n) is 2.08. The number of hydrogen-bond acceptors (Lipinski definition) is 3. The molecule has 0 bridgehead atoms. The summed E-state index contributed by atoms with van der Waals surface area (Å²) in [6.07, 6.45) is 6.77. The van der Waals surface area contributed by atoms with E-state index >= 15 is 0 Å². The van der Waals surface area contributed by atoms with Crippen LogP contribution in [0.1, 0.15) is 43.9 Å². The van der Waals surface area contributed by atoms with E-state index < -0.39 is 0 Å². The molecule has 3 heteroatoms. The average Bonchev–Trinajstić information content (AvgIpc) is 3.19. The molecule has 0 radical (unpaired) electrons. The van der Waals surface area contributed by atoms with E-state index in [1.165, 1.54) is 25.7 Å². The lowest BCUT2D eigenvalue weighted by molar-refractivity contribution is 0.250. The summed E-state index contributed by atoms with van der Waals surface area (Å²) in [5.74, 6) is 0. The van der Waals surface area contributed by atoms with Crippen molar-refractivity contribution in [2.75, 3.05) is 6.54 Å². The third kappa shape index (κ3) is 3.28. The molecule has 1 aromatic rings. The Hall–Kier alpha value is -1.40. The quantitative estimate of drug-likeness (QED) is 0.753. The van der Waals surface area contributed by atoms with E-state index in [1.54, 1.807) is 6.20 Å². The maximum atomic E-state index is 9.03. The number of nitriles is 1. The van der Waals surface area contributed by atoms with Gasteiger partial charge in [-0.2, -0.15) is 5.26 Å². The third-order valence-corrected chi connectivity index (χ3v) is 3.23. The zero-order chi connectivity index (χ0) is 12.1. The highest BCUT2D eigenvalue weighted by molar-refractivity contribution is 5.30. The van der Waals surface area contributed by atoms with Gasteiger partial charge in [-0.1, -0.05) is 19.4 Å². The molecule has 0 saturated heterocycles. The van der Waals surface area contributed by atoms with Crippen LogP contribution in [-0.2, 0) is 6.54 Å². The van der Waals surface area contributed by atoms with Crippen LogP contribution in [0.4, 0.5) is 0 Å². The Balaban J connectivity index is 2.03. The monoisotopic (exact) mass is 229 g/mol. The highest BCUT2D eigenvalue weighted by atomic mass is 15.2. The van der Waals surface area contributed by atoms with Crippen molar-refractivity contribution >= 4 is 0 Å². The molecule has 0 aromatic carbocycles. The summed E-state index contributed by atoms with van der Waals surface area (Å²) in [4.78, 5) is 6.62. The Bertz CT molecular complexity index is 404. The molecule has 1 aromatic heterocycles. The first-order chi connectivity index (χ1) is 8.35. The molecular formula is C14H19N3. The maximum Gasteiger partial charge on any atom is 0.144 e. The van der Waals surface area contributed by atoms with Gasteiger partial charge in [-0.3, -0.25) is 4.90 Å². The van der Waals surface area contributed by atoms with Crippen molar-refractivity contribution in [1.82, 2.24) is 9.88 Å². The number of aromatic nitrogens is 1. The molecule has 1 aliphatic rings. The van der Waals surface area contributed by atoms with Gasteiger partial charge < -0.3 is 0 Å². The van der Waals surface area contributed by atoms with Crippen molar-refractivity contribution in [2.24, 2.45) is 0 Å². The van der Waals surface area contributed by atoms with E-state index in [2.05, 4.69) is 22.9 Å². The van der Waals surface area contributed by atoms with Gasteiger partial charge in [-0.25, -0.2) is 4.98 Å². The SMILES string of the molecule is CCCCN(Cc1cccnc1C#N)C1CC1. The molecule has 0 spiro atoms. The van der Waals surface area contributed by atoms with E-state index in [0.29, 0.717) is 5.69 Å². The lowest BCUT2D eigenvalue weighted by atomic mass is 10.2. The smallest absolute Gasteiger partial charge is 0.144 e. The summed E-state index contributed by atoms with van der Waals surface area (Å²) in [7, 11) is 0. The normalized spacial score (nSPS) is 14.9. The van der Waals surface area contributed by atoms with Crippen molar-refractivity contribution in [1.29, 1.82) is 5.26 Å². The summed E-state index contributed by atoms with van der Waals surface area (Å²) in [5, 5.41) is 9.03. The van der Waals surface area contributed by atoms with Crippen LogP contribution in [-0.4, -0.2) is 22.5 Å². The Morgan fingerprint density at radius 2 is 2.35 bits per heavy atom. The Morgan fingerprint density at radius 1 is 1.53 bits per heavy atom. The van der Waals surface area contributed by atoms with Gasteiger partial charge in [0.25, 0.3) is 0 Å². The molecule has 0 N–H and O–H groups in total. The Kier molecular flexibility index (Phi) is 4.11. The fraction of sp³-hybridized carbons (Fsp3) is 0.571. The molecule has 1 saturated carbocycles. The summed E-state index contributed by atoms with van der Waals surface area (Å²) < 4.78 is 0. The van der Waals surface area contributed by atoms with Crippen LogP contribution in [0.3, 0.4) is 0 Å². The van der Waals surface area contributed by atoms with Crippen molar-refractivity contribution in [3.8, 4) is 6.07 Å². The highest BCUT2D eigenvalue weighted by Crippen LogP contribution is 2.28. The Morgan fingerprint density at radius 3 is 3.00 bits per heavy atom. The number of hydrogen-bond donors (Lipinski definition) is 0. The first kappa shape index (κ1) is 12.1. The third-order valence-electron chi connectivity index (χ3n) is 3.23. The predicted molar refractivity (Wildman–Crippen MR) is 67.3 cm³/mol. The first-order valence-corrected chi connectivity index (χ1v) is 6.43. The fourth-order valence-corrected chi connectivity index (χ4v) is 2.08. The number of pyridine rings is 1. The minimum absolute atomic E-state index is 0.578. The molecule has 3 nitrogen and oxygen atoms in total. The zero-order valence-electron chi connectivity index (χ0n) is 10.4. The number of nitrogens with zero attached hydrogens (tertiary/aromatic N) is 3. The van der Waals surface area contributed by atoms with Crippen LogP contribution in [0.2, 0.25) is 0 Å². The van der Waals surface area contributed by atoms with Gasteiger partial charge in [0.1, 0.15) is 11.8 Å². The molecule has 0 aliphatic heterocycles. The molecule has 1 heterocycles. The van der Waals surface area contributed by atoms with Crippen molar-refractivity contribution in [3.63, 3.8) is 0 Å². The van der Waals surface area contributed by atoms with Crippen LogP contribution in [0.15, 0.2) is 18.3 Å². The molecular weight excluding hydrogens is 210 g/mol. The minimum atomic E-state index is 0.578. The molecule has 2 rings (SSSR count). The largest absolute Gasteiger partial charge is 0.296 e. The zero-order valence-corrected chi connectivity index (χ0v) is 10.4. The van der Waals surface area contributed by atoms with Gasteiger partial charge in [0.15, 0.2) is 0 Å². The second-order valence-electron chi connectivity index (χ2n) is 4.68. The molecule has 0 amide bonds. The topological polar surface area (TPSA) is 39.9 Å². The molecule has 90 valence electrons. The van der Waals surface area contributed by atoms with E-state index in [-0.39, 0.29) is 0 Å². The second-order valence-corrected chi connectivity index (χ2v) is 4.68. The van der Waals surface area contributed by atoms with Crippen LogP contribution in [0.25, 0.3) is 0 Å². The lowest BCUT2D eigenvalue weighted by Crippen LogP contribution is -2.27. The summed E-state index contributed by atoms with van der Waals surface area (Å²) >= 11 is 0. The van der Waals surface area contributed by atoms with Crippen LogP contribution in [0, 0.1) is 11.3 Å². The van der Waals surface area contributed by atoms with E-state index in [4.69, 9.17) is 5.26 Å². The standard InChI is InChI=1S/C14H19N3/c1-2-3-9-17(13-6-7-13)11-12-5-4-8-16-14(12)10-15/h4-5,8,13H,2-3,6-7,9,11H2,1H3. The van der Waals surface area contributed by atoms with Crippen molar-refractivity contribution < 1.29 is 0 Å². The van der Waals surface area contributed by atoms with Gasteiger partial charge in [0, 0.05) is 24.3 Å². The van der Waals surface area contributed by atoms with Crippen LogP contribution < -0.4 is 0 Å². The molecule has 1 aliphatic carbocycles. The molecule has 0 unspecified atom stereocenters. The summed E-state index contributed by atoms with van der Waals surface area (Å²) in [6.45, 7) is 4.23. The molecule has 1 fully saturated rings. The van der Waals surface area contributed by atoms with Gasteiger partial charge in [-0.15, -0.1) is 0 Å². The van der Waals surface area contributed by atoms with Gasteiger partial charge >= 0.3 is 0 Å². The highest BCUT2D eigenvalue weighted by Gasteiger charge is 2.28. The Labute approximate surface area is 103 Å². The lowest BCUT2D eigenvalue weighted by Gasteiger charge is -2.21. The number of rotatable bonds is 6. The molecule has 17 heavy (non-hydrogen) atoms. The summed E-state index contributed by atoms with van der Waals surface area (Å²) in [5.41, 5.74) is 1.65. The number of unbranched alkanes of at least 4 members (excludes halogenated alkanes) is 1. The summed E-state index contributed by atoms with van der Waals surface area (Å²) in [6, 6.07) is 6.86. The molecule has 0 atom stereocenters. The van der Waals surface area contributed by atoms with E-state index in [9.17, 15) is 0 Å². The van der Waals surface area contributed by atoms with Gasteiger partial charge in [0.05, 0.1) is 0 Å².